The van der Waals surface area contributed by atoms with Crippen LogP contribution in [-0.4, -0.2) is 29.5 Å². The summed E-state index contributed by atoms with van der Waals surface area (Å²) in [6.45, 7) is 4.30. The molecule has 0 saturated heterocycles. The first-order chi connectivity index (χ1) is 9.91. The lowest BCUT2D eigenvalue weighted by Gasteiger charge is -2.26. The van der Waals surface area contributed by atoms with Crippen LogP contribution in [0, 0.1) is 10.1 Å². The van der Waals surface area contributed by atoms with Crippen LogP contribution in [0.15, 0.2) is 24.3 Å². The van der Waals surface area contributed by atoms with Crippen molar-refractivity contribution in [2.75, 3.05) is 18.4 Å². The minimum atomic E-state index is -0.487. The summed E-state index contributed by atoms with van der Waals surface area (Å²) < 4.78 is 0. The van der Waals surface area contributed by atoms with E-state index in [9.17, 15) is 14.9 Å². The van der Waals surface area contributed by atoms with Crippen molar-refractivity contribution in [3.8, 4) is 0 Å². The Hall–Kier alpha value is -2.15. The van der Waals surface area contributed by atoms with Crippen LogP contribution in [0.25, 0.3) is 0 Å². The van der Waals surface area contributed by atoms with Crippen molar-refractivity contribution in [3.05, 3.63) is 34.4 Å². The quantitative estimate of drug-likeness (QED) is 0.498. The number of nitro groups is 1. The van der Waals surface area contributed by atoms with E-state index in [1.54, 1.807) is 18.2 Å². The van der Waals surface area contributed by atoms with Gasteiger partial charge in [-0.05, 0) is 18.9 Å². The van der Waals surface area contributed by atoms with Crippen molar-refractivity contribution in [1.82, 2.24) is 5.32 Å². The van der Waals surface area contributed by atoms with Crippen LogP contribution in [0.4, 0.5) is 11.4 Å². The van der Waals surface area contributed by atoms with Crippen molar-refractivity contribution in [2.24, 2.45) is 5.73 Å². The fourth-order valence-electron chi connectivity index (χ4n) is 1.79. The molecule has 0 heterocycles. The third kappa shape index (κ3) is 5.03. The second-order valence-corrected chi connectivity index (χ2v) is 4.97. The van der Waals surface area contributed by atoms with Crippen LogP contribution < -0.4 is 16.4 Å². The number of hydrogen-bond donors (Lipinski definition) is 3. The molecule has 0 fully saturated rings. The lowest BCUT2D eigenvalue weighted by molar-refractivity contribution is -0.383. The number of nitrogens with two attached hydrogens (primary N) is 1. The van der Waals surface area contributed by atoms with Crippen molar-refractivity contribution in [3.63, 3.8) is 0 Å². The van der Waals surface area contributed by atoms with Crippen molar-refractivity contribution in [2.45, 2.75) is 32.2 Å². The molecule has 0 aliphatic rings. The zero-order chi connectivity index (χ0) is 15.9. The van der Waals surface area contributed by atoms with Gasteiger partial charge in [0.05, 0.1) is 11.5 Å². The molecule has 0 unspecified atom stereocenters. The molecular weight excluding hydrogens is 272 g/mol. The highest BCUT2D eigenvalue weighted by molar-refractivity contribution is 5.81. The second-order valence-electron chi connectivity index (χ2n) is 4.97. The van der Waals surface area contributed by atoms with Gasteiger partial charge in [-0.25, -0.2) is 0 Å². The number of carbonyl (C=O) groups is 1. The molecule has 0 atom stereocenters. The number of anilines is 1. The van der Waals surface area contributed by atoms with Gasteiger partial charge in [-0.2, -0.15) is 0 Å². The van der Waals surface area contributed by atoms with E-state index in [4.69, 9.17) is 5.73 Å². The van der Waals surface area contributed by atoms with Gasteiger partial charge in [0.15, 0.2) is 0 Å². The van der Waals surface area contributed by atoms with Gasteiger partial charge in [-0.1, -0.05) is 26.0 Å². The van der Waals surface area contributed by atoms with E-state index in [-0.39, 0.29) is 18.1 Å². The highest BCUT2D eigenvalue weighted by Gasteiger charge is 2.21. The van der Waals surface area contributed by atoms with E-state index in [1.165, 1.54) is 6.07 Å². The lowest BCUT2D eigenvalue weighted by atomic mass is 9.94. The van der Waals surface area contributed by atoms with Gasteiger partial charge in [0.25, 0.3) is 5.69 Å². The summed E-state index contributed by atoms with van der Waals surface area (Å²) in [6, 6.07) is 6.21. The third-order valence-electron chi connectivity index (χ3n) is 3.59. The summed E-state index contributed by atoms with van der Waals surface area (Å²) in [5.41, 5.74) is 5.95. The molecular formula is C14H22N4O3. The molecule has 21 heavy (non-hydrogen) atoms. The van der Waals surface area contributed by atoms with Crippen LogP contribution >= 0.6 is 0 Å². The number of carbonyl (C=O) groups excluding carboxylic acids is 1. The minimum Gasteiger partial charge on any atom is -0.371 e. The number of nitrogens with one attached hydrogen (secondary N) is 2. The zero-order valence-corrected chi connectivity index (χ0v) is 12.4. The molecule has 1 aromatic carbocycles. The van der Waals surface area contributed by atoms with Crippen molar-refractivity contribution in [1.29, 1.82) is 0 Å². The normalized spacial score (nSPS) is 11.0. The summed E-state index contributed by atoms with van der Waals surface area (Å²) in [5.74, 6) is -0.245. The van der Waals surface area contributed by atoms with E-state index in [2.05, 4.69) is 10.6 Å². The lowest BCUT2D eigenvalue weighted by Crippen LogP contribution is -2.50. The number of rotatable bonds is 8. The Bertz CT molecular complexity index is 501. The van der Waals surface area contributed by atoms with Crippen molar-refractivity contribution < 1.29 is 9.72 Å². The molecule has 1 aromatic rings. The number of amides is 1. The number of benzene rings is 1. The van der Waals surface area contributed by atoms with E-state index in [1.807, 2.05) is 13.8 Å². The molecule has 1 rings (SSSR count). The van der Waals surface area contributed by atoms with Crippen LogP contribution in [0.1, 0.15) is 26.7 Å². The Kier molecular flexibility index (Phi) is 6.10. The SMILES string of the molecule is CCC(N)(CC)CNC(=O)CNc1ccccc1[N+](=O)[O-]. The average molecular weight is 294 g/mol. The molecule has 0 aliphatic heterocycles. The number of para-hydroxylation sites is 2. The van der Waals surface area contributed by atoms with Gasteiger partial charge >= 0.3 is 0 Å². The van der Waals surface area contributed by atoms with E-state index < -0.39 is 10.5 Å². The summed E-state index contributed by atoms with van der Waals surface area (Å²) in [4.78, 5) is 22.1. The Morgan fingerprint density at radius 3 is 2.52 bits per heavy atom. The van der Waals surface area contributed by atoms with Gasteiger partial charge in [0.1, 0.15) is 5.69 Å². The molecule has 0 aromatic heterocycles. The fraction of sp³-hybridized carbons (Fsp3) is 0.500. The monoisotopic (exact) mass is 294 g/mol. The first-order valence-electron chi connectivity index (χ1n) is 6.94. The van der Waals surface area contributed by atoms with Gasteiger partial charge in [-0.15, -0.1) is 0 Å². The molecule has 0 bridgehead atoms. The van der Waals surface area contributed by atoms with E-state index >= 15 is 0 Å². The molecule has 0 spiro atoms. The largest absolute Gasteiger partial charge is 0.371 e. The maximum atomic E-state index is 11.8. The first kappa shape index (κ1) is 16.9. The van der Waals surface area contributed by atoms with Crippen molar-refractivity contribution >= 4 is 17.3 Å². The second kappa shape index (κ2) is 7.58. The molecule has 0 saturated carbocycles. The molecule has 7 heteroatoms. The van der Waals surface area contributed by atoms with Crippen LogP contribution in [0.2, 0.25) is 0 Å². The Morgan fingerprint density at radius 1 is 1.33 bits per heavy atom. The van der Waals surface area contributed by atoms with E-state index in [0.717, 1.165) is 12.8 Å². The number of nitro benzene ring substituents is 1. The number of nitrogens with zero attached hydrogens (tertiary/aromatic N) is 1. The van der Waals surface area contributed by atoms with Gasteiger partial charge in [0, 0.05) is 18.2 Å². The summed E-state index contributed by atoms with van der Waals surface area (Å²) in [5, 5.41) is 16.4. The van der Waals surface area contributed by atoms with Gasteiger partial charge in [-0.3, -0.25) is 14.9 Å². The molecule has 116 valence electrons. The van der Waals surface area contributed by atoms with Crippen LogP contribution in [0.3, 0.4) is 0 Å². The Morgan fingerprint density at radius 2 is 1.95 bits per heavy atom. The Balaban J connectivity index is 2.53. The third-order valence-corrected chi connectivity index (χ3v) is 3.59. The summed E-state index contributed by atoms with van der Waals surface area (Å²) in [7, 11) is 0. The summed E-state index contributed by atoms with van der Waals surface area (Å²) >= 11 is 0. The standard InChI is InChI=1S/C14H22N4O3/c1-3-14(15,4-2)10-17-13(19)9-16-11-7-5-6-8-12(11)18(20)21/h5-8,16H,3-4,9-10,15H2,1-2H3,(H,17,19). The highest BCUT2D eigenvalue weighted by atomic mass is 16.6. The smallest absolute Gasteiger partial charge is 0.292 e. The van der Waals surface area contributed by atoms with Gasteiger partial charge < -0.3 is 16.4 Å². The summed E-state index contributed by atoms with van der Waals surface area (Å²) in [6.07, 6.45) is 1.53. The number of hydrogen-bond acceptors (Lipinski definition) is 5. The van der Waals surface area contributed by atoms with Crippen LogP contribution in [-0.2, 0) is 4.79 Å². The van der Waals surface area contributed by atoms with E-state index in [0.29, 0.717) is 12.2 Å². The topological polar surface area (TPSA) is 110 Å². The predicted octanol–water partition coefficient (Wildman–Crippen LogP) is 1.64. The fourth-order valence-corrected chi connectivity index (χ4v) is 1.79. The maximum Gasteiger partial charge on any atom is 0.292 e. The highest BCUT2D eigenvalue weighted by Crippen LogP contribution is 2.22. The average Bonchev–Trinajstić information content (AvgIpc) is 2.50. The molecule has 0 aliphatic carbocycles. The molecule has 0 radical (unpaired) electrons. The predicted molar refractivity (Wildman–Crippen MR) is 82.1 cm³/mol. The minimum absolute atomic E-state index is 0.0334. The van der Waals surface area contributed by atoms with Crippen LogP contribution in [0.5, 0.6) is 0 Å². The van der Waals surface area contributed by atoms with Gasteiger partial charge in [0.2, 0.25) is 5.91 Å². The molecule has 4 N–H and O–H groups in total. The zero-order valence-electron chi connectivity index (χ0n) is 12.4. The molecule has 7 nitrogen and oxygen atoms in total. The first-order valence-corrected chi connectivity index (χ1v) is 6.94. The molecule has 1 amide bonds. The Labute approximate surface area is 124 Å². The maximum absolute atomic E-state index is 11.8.